The van der Waals surface area contributed by atoms with Crippen LogP contribution in [0.15, 0.2) is 36.4 Å². The molecule has 4 rings (SSSR count). The molecule has 8 heteroatoms. The van der Waals surface area contributed by atoms with E-state index in [9.17, 15) is 18.8 Å². The Balaban J connectivity index is 1.31. The van der Waals surface area contributed by atoms with Crippen LogP contribution in [0.2, 0.25) is 0 Å². The first-order chi connectivity index (χ1) is 16.3. The molecule has 0 aromatic heterocycles. The number of anilines is 1. The van der Waals surface area contributed by atoms with Crippen molar-refractivity contribution in [1.82, 2.24) is 10.6 Å². The Labute approximate surface area is 198 Å². The van der Waals surface area contributed by atoms with Crippen molar-refractivity contribution in [1.29, 1.82) is 0 Å². The number of ketones is 1. The number of hydrogen-bond acceptors (Lipinski definition) is 5. The van der Waals surface area contributed by atoms with E-state index in [1.54, 1.807) is 18.2 Å². The summed E-state index contributed by atoms with van der Waals surface area (Å²) in [4.78, 5) is 38.8. The minimum Gasteiger partial charge on any atom is -0.442 e. The molecular weight excluding hydrogens is 437 g/mol. The molecular formula is C26H30FN3O4. The van der Waals surface area contributed by atoms with Crippen LogP contribution in [-0.4, -0.2) is 50.1 Å². The molecule has 0 bridgehead atoms. The fraction of sp³-hybridized carbons (Fsp3) is 0.423. The third-order valence-electron chi connectivity index (χ3n) is 6.45. The summed E-state index contributed by atoms with van der Waals surface area (Å²) in [6.07, 6.45) is -0.142. The fourth-order valence-corrected chi connectivity index (χ4v) is 4.69. The lowest BCUT2D eigenvalue weighted by atomic mass is 9.95. The van der Waals surface area contributed by atoms with Crippen molar-refractivity contribution in [3.05, 3.63) is 64.5 Å². The largest absolute Gasteiger partial charge is 0.442 e. The zero-order valence-electron chi connectivity index (χ0n) is 19.5. The number of hydrogen-bond donors (Lipinski definition) is 2. The van der Waals surface area contributed by atoms with Crippen molar-refractivity contribution in [2.45, 2.75) is 45.1 Å². The maximum atomic E-state index is 14.7. The Morgan fingerprint density at radius 2 is 2.03 bits per heavy atom. The van der Waals surface area contributed by atoms with Crippen molar-refractivity contribution in [3.8, 4) is 0 Å². The quantitative estimate of drug-likeness (QED) is 0.579. The second-order valence-electron chi connectivity index (χ2n) is 9.02. The number of nitrogens with one attached hydrogen (secondary N) is 2. The average Bonchev–Trinajstić information content (AvgIpc) is 3.45. The number of rotatable bonds is 8. The van der Waals surface area contributed by atoms with Gasteiger partial charge < -0.3 is 15.4 Å². The van der Waals surface area contributed by atoms with Gasteiger partial charge in [0, 0.05) is 36.4 Å². The summed E-state index contributed by atoms with van der Waals surface area (Å²) >= 11 is 0. The maximum absolute atomic E-state index is 14.7. The van der Waals surface area contributed by atoms with Crippen molar-refractivity contribution < 1.29 is 23.5 Å². The molecule has 7 nitrogen and oxygen atoms in total. The van der Waals surface area contributed by atoms with Gasteiger partial charge in [0.1, 0.15) is 11.9 Å². The SMILES string of the molecule is Cc1ccc(C(=O)CCC(=O)NCC2CN(c3cccc(F)c3C3CCNC3)C(=O)O2)c(C)c1. The number of halogens is 1. The Bertz CT molecular complexity index is 1100. The van der Waals surface area contributed by atoms with Gasteiger partial charge in [0.15, 0.2) is 5.78 Å². The van der Waals surface area contributed by atoms with E-state index >= 15 is 0 Å². The summed E-state index contributed by atoms with van der Waals surface area (Å²) in [6, 6.07) is 10.4. The number of Topliss-reactive ketones (excluding diaryl/α,β-unsaturated/α-hetero) is 1. The number of aryl methyl sites for hydroxylation is 2. The minimum absolute atomic E-state index is 0.00236. The zero-order chi connectivity index (χ0) is 24.2. The highest BCUT2D eigenvalue weighted by Gasteiger charge is 2.36. The van der Waals surface area contributed by atoms with Crippen LogP contribution in [0.1, 0.15) is 52.2 Å². The Hall–Kier alpha value is -3.26. The number of ether oxygens (including phenoxy) is 1. The number of nitrogens with zero attached hydrogens (tertiary/aromatic N) is 1. The number of carbonyl (C=O) groups is 3. The lowest BCUT2D eigenvalue weighted by Crippen LogP contribution is -2.35. The molecule has 2 amide bonds. The normalized spacial score (nSPS) is 19.9. The van der Waals surface area contributed by atoms with E-state index in [2.05, 4.69) is 10.6 Å². The van der Waals surface area contributed by atoms with Crippen molar-refractivity contribution in [2.75, 3.05) is 31.1 Å². The first-order valence-corrected chi connectivity index (χ1v) is 11.7. The predicted molar refractivity (Wildman–Crippen MR) is 127 cm³/mol. The predicted octanol–water partition coefficient (Wildman–Crippen LogP) is 3.62. The van der Waals surface area contributed by atoms with Crippen molar-refractivity contribution in [2.24, 2.45) is 0 Å². The highest BCUT2D eigenvalue weighted by Crippen LogP contribution is 2.35. The summed E-state index contributed by atoms with van der Waals surface area (Å²) in [7, 11) is 0. The van der Waals surface area contributed by atoms with E-state index in [0.29, 0.717) is 23.4 Å². The van der Waals surface area contributed by atoms with Crippen LogP contribution in [0.5, 0.6) is 0 Å². The van der Waals surface area contributed by atoms with E-state index in [4.69, 9.17) is 4.74 Å². The van der Waals surface area contributed by atoms with Crippen LogP contribution in [0, 0.1) is 19.7 Å². The zero-order valence-corrected chi connectivity index (χ0v) is 19.5. The summed E-state index contributed by atoms with van der Waals surface area (Å²) < 4.78 is 20.1. The van der Waals surface area contributed by atoms with Gasteiger partial charge in [0.2, 0.25) is 5.91 Å². The summed E-state index contributed by atoms with van der Waals surface area (Å²) in [5.41, 5.74) is 3.65. The summed E-state index contributed by atoms with van der Waals surface area (Å²) in [5.74, 6) is -0.691. The fourth-order valence-electron chi connectivity index (χ4n) is 4.69. The monoisotopic (exact) mass is 467 g/mol. The average molecular weight is 468 g/mol. The lowest BCUT2D eigenvalue weighted by Gasteiger charge is -2.21. The van der Waals surface area contributed by atoms with E-state index in [1.165, 1.54) is 11.0 Å². The summed E-state index contributed by atoms with van der Waals surface area (Å²) in [6.45, 7) is 5.67. The molecule has 2 aliphatic heterocycles. The molecule has 34 heavy (non-hydrogen) atoms. The topological polar surface area (TPSA) is 87.7 Å². The Morgan fingerprint density at radius 1 is 1.21 bits per heavy atom. The van der Waals surface area contributed by atoms with E-state index in [1.807, 2.05) is 26.0 Å². The Kier molecular flexibility index (Phi) is 7.26. The van der Waals surface area contributed by atoms with E-state index < -0.39 is 12.2 Å². The maximum Gasteiger partial charge on any atom is 0.414 e. The molecule has 0 aliphatic carbocycles. The first-order valence-electron chi connectivity index (χ1n) is 11.7. The third kappa shape index (κ3) is 5.28. The molecule has 0 saturated carbocycles. The van der Waals surface area contributed by atoms with Crippen molar-refractivity contribution in [3.63, 3.8) is 0 Å². The van der Waals surface area contributed by atoms with Gasteiger partial charge in [-0.05, 0) is 44.5 Å². The molecule has 0 radical (unpaired) electrons. The van der Waals surface area contributed by atoms with E-state index in [0.717, 1.165) is 24.1 Å². The van der Waals surface area contributed by atoms with Crippen LogP contribution in [0.25, 0.3) is 0 Å². The lowest BCUT2D eigenvalue weighted by molar-refractivity contribution is -0.121. The molecule has 2 unspecified atom stereocenters. The van der Waals surface area contributed by atoms with Crippen LogP contribution < -0.4 is 15.5 Å². The number of benzene rings is 2. The third-order valence-corrected chi connectivity index (χ3v) is 6.45. The van der Waals surface area contributed by atoms with Crippen LogP contribution in [0.4, 0.5) is 14.9 Å². The standard InChI is InChI=1S/C26H30FN3O4/c1-16-6-7-20(17(2)12-16)23(31)8-9-24(32)29-14-19-15-30(26(33)34-19)22-5-3-4-21(27)25(22)18-10-11-28-13-18/h3-7,12,18-19,28H,8-11,13-15H2,1-2H3,(H,29,32). The molecule has 2 aliphatic rings. The highest BCUT2D eigenvalue weighted by atomic mass is 19.1. The molecule has 2 fully saturated rings. The minimum atomic E-state index is -0.554. The van der Waals surface area contributed by atoms with Gasteiger partial charge in [0.05, 0.1) is 18.8 Å². The molecule has 180 valence electrons. The molecule has 2 atom stereocenters. The van der Waals surface area contributed by atoms with Gasteiger partial charge >= 0.3 is 6.09 Å². The molecule has 2 aromatic carbocycles. The molecule has 2 N–H and O–H groups in total. The number of amides is 2. The number of cyclic esters (lactones) is 1. The van der Waals surface area contributed by atoms with Crippen LogP contribution in [0.3, 0.4) is 0 Å². The Morgan fingerprint density at radius 3 is 2.76 bits per heavy atom. The second kappa shape index (κ2) is 10.3. The molecule has 0 spiro atoms. The second-order valence-corrected chi connectivity index (χ2v) is 9.02. The highest BCUT2D eigenvalue weighted by molar-refractivity contribution is 5.99. The van der Waals surface area contributed by atoms with Gasteiger partial charge in [0.25, 0.3) is 0 Å². The molecule has 2 saturated heterocycles. The van der Waals surface area contributed by atoms with Crippen molar-refractivity contribution >= 4 is 23.5 Å². The van der Waals surface area contributed by atoms with Crippen LogP contribution in [-0.2, 0) is 9.53 Å². The number of carbonyl (C=O) groups excluding carboxylic acids is 3. The van der Waals surface area contributed by atoms with E-state index in [-0.39, 0.29) is 49.4 Å². The van der Waals surface area contributed by atoms with Gasteiger partial charge in [-0.1, -0.05) is 29.8 Å². The van der Waals surface area contributed by atoms with Gasteiger partial charge in [-0.25, -0.2) is 9.18 Å². The van der Waals surface area contributed by atoms with Gasteiger partial charge in [-0.15, -0.1) is 0 Å². The van der Waals surface area contributed by atoms with Gasteiger partial charge in [-0.3, -0.25) is 14.5 Å². The van der Waals surface area contributed by atoms with Gasteiger partial charge in [-0.2, -0.15) is 0 Å². The first kappa shape index (κ1) is 23.9. The molecule has 2 heterocycles. The van der Waals surface area contributed by atoms with Crippen LogP contribution >= 0.6 is 0 Å². The molecule has 2 aromatic rings. The summed E-state index contributed by atoms with van der Waals surface area (Å²) in [5, 5.41) is 5.98. The smallest absolute Gasteiger partial charge is 0.414 e.